The third-order valence-electron chi connectivity index (χ3n) is 3.77. The predicted octanol–water partition coefficient (Wildman–Crippen LogP) is 5.03. The smallest absolute Gasteiger partial charge is 0.357 e. The second kappa shape index (κ2) is 7.67. The van der Waals surface area contributed by atoms with E-state index in [1.807, 2.05) is 86.6 Å². The van der Waals surface area contributed by atoms with E-state index >= 15 is 0 Å². The maximum Gasteiger partial charge on any atom is 0.357 e. The number of hydrogen-bond donors (Lipinski definition) is 0. The summed E-state index contributed by atoms with van der Waals surface area (Å²) in [7, 11) is 0. The van der Waals surface area contributed by atoms with Gasteiger partial charge in [0.1, 0.15) is 11.5 Å². The molecule has 0 spiro atoms. The molecule has 0 N–H and O–H groups in total. The quantitative estimate of drug-likeness (QED) is 0.485. The summed E-state index contributed by atoms with van der Waals surface area (Å²) in [6, 6.07) is 24.4. The summed E-state index contributed by atoms with van der Waals surface area (Å²) in [6.45, 7) is 3.94. The van der Waals surface area contributed by atoms with E-state index in [9.17, 15) is 4.79 Å². The van der Waals surface area contributed by atoms with Gasteiger partial charge in [0.25, 0.3) is 0 Å². The number of benzene rings is 3. The van der Waals surface area contributed by atoms with Crippen LogP contribution in [0.3, 0.4) is 0 Å². The van der Waals surface area contributed by atoms with Gasteiger partial charge in [-0.3, -0.25) is 0 Å². The van der Waals surface area contributed by atoms with E-state index in [-0.39, 0.29) is 0 Å². The molecular formula is C22H20O3. The Morgan fingerprint density at radius 1 is 0.760 bits per heavy atom. The van der Waals surface area contributed by atoms with Crippen LogP contribution in [-0.4, -0.2) is 5.97 Å². The number of esters is 1. The molecule has 0 aliphatic rings. The molecule has 3 aromatic carbocycles. The summed E-state index contributed by atoms with van der Waals surface area (Å²) in [5, 5.41) is 0. The molecule has 0 saturated heterocycles. The summed E-state index contributed by atoms with van der Waals surface area (Å²) in [5.41, 5.74) is 2.85. The molecular weight excluding hydrogens is 312 g/mol. The SMILES string of the molecule is Cc1cccc(OC(=O)[C@H](Oc2cccc(C)c2)c2ccccc2)c1. The van der Waals surface area contributed by atoms with Crippen molar-refractivity contribution in [2.24, 2.45) is 0 Å². The highest BCUT2D eigenvalue weighted by molar-refractivity contribution is 5.79. The van der Waals surface area contributed by atoms with E-state index in [0.29, 0.717) is 11.5 Å². The van der Waals surface area contributed by atoms with E-state index < -0.39 is 12.1 Å². The first-order chi connectivity index (χ1) is 12.1. The van der Waals surface area contributed by atoms with Gasteiger partial charge in [-0.1, -0.05) is 54.6 Å². The normalized spacial score (nSPS) is 11.6. The average Bonchev–Trinajstić information content (AvgIpc) is 2.60. The largest absolute Gasteiger partial charge is 0.474 e. The van der Waals surface area contributed by atoms with Crippen molar-refractivity contribution in [2.45, 2.75) is 20.0 Å². The minimum absolute atomic E-state index is 0.446. The van der Waals surface area contributed by atoms with Gasteiger partial charge in [-0.25, -0.2) is 4.79 Å². The first kappa shape index (κ1) is 16.8. The molecule has 0 bridgehead atoms. The van der Waals surface area contributed by atoms with E-state index in [1.54, 1.807) is 6.07 Å². The molecule has 3 heteroatoms. The lowest BCUT2D eigenvalue weighted by molar-refractivity contribution is -0.142. The number of carbonyl (C=O) groups excluding carboxylic acids is 1. The molecule has 0 radical (unpaired) electrons. The Labute approximate surface area is 147 Å². The maximum atomic E-state index is 12.8. The number of carbonyl (C=O) groups is 1. The Balaban J connectivity index is 1.86. The summed E-state index contributed by atoms with van der Waals surface area (Å²) < 4.78 is 11.5. The number of hydrogen-bond acceptors (Lipinski definition) is 3. The molecule has 25 heavy (non-hydrogen) atoms. The van der Waals surface area contributed by atoms with Crippen LogP contribution in [0, 0.1) is 13.8 Å². The van der Waals surface area contributed by atoms with E-state index in [0.717, 1.165) is 16.7 Å². The molecule has 0 aliphatic heterocycles. The Kier molecular flexibility index (Phi) is 5.14. The monoisotopic (exact) mass is 332 g/mol. The Morgan fingerprint density at radius 3 is 2.00 bits per heavy atom. The van der Waals surface area contributed by atoms with Crippen LogP contribution in [0.4, 0.5) is 0 Å². The van der Waals surface area contributed by atoms with Crippen molar-refractivity contribution in [3.63, 3.8) is 0 Å². The van der Waals surface area contributed by atoms with Crippen molar-refractivity contribution >= 4 is 5.97 Å². The fourth-order valence-corrected chi connectivity index (χ4v) is 2.55. The van der Waals surface area contributed by atoms with Gasteiger partial charge in [0.15, 0.2) is 0 Å². The molecule has 0 aliphatic carbocycles. The van der Waals surface area contributed by atoms with Gasteiger partial charge < -0.3 is 9.47 Å². The van der Waals surface area contributed by atoms with Gasteiger partial charge in [-0.2, -0.15) is 0 Å². The van der Waals surface area contributed by atoms with Crippen LogP contribution in [0.1, 0.15) is 22.8 Å². The van der Waals surface area contributed by atoms with Gasteiger partial charge >= 0.3 is 5.97 Å². The molecule has 126 valence electrons. The van der Waals surface area contributed by atoms with Crippen molar-refractivity contribution in [1.29, 1.82) is 0 Å². The van der Waals surface area contributed by atoms with Crippen LogP contribution in [0.15, 0.2) is 78.9 Å². The van der Waals surface area contributed by atoms with Gasteiger partial charge in [0.05, 0.1) is 0 Å². The topological polar surface area (TPSA) is 35.5 Å². The van der Waals surface area contributed by atoms with Crippen molar-refractivity contribution < 1.29 is 14.3 Å². The van der Waals surface area contributed by atoms with Gasteiger partial charge in [-0.05, 0) is 49.2 Å². The molecule has 0 heterocycles. The predicted molar refractivity (Wildman–Crippen MR) is 97.8 cm³/mol. The highest BCUT2D eigenvalue weighted by atomic mass is 16.6. The average molecular weight is 332 g/mol. The lowest BCUT2D eigenvalue weighted by atomic mass is 10.1. The second-order valence-electron chi connectivity index (χ2n) is 5.96. The minimum atomic E-state index is -0.830. The lowest BCUT2D eigenvalue weighted by Crippen LogP contribution is -2.24. The first-order valence-electron chi connectivity index (χ1n) is 8.18. The van der Waals surface area contributed by atoms with Gasteiger partial charge in [0.2, 0.25) is 6.10 Å². The summed E-state index contributed by atoms with van der Waals surface area (Å²) in [4.78, 5) is 12.8. The summed E-state index contributed by atoms with van der Waals surface area (Å²) in [6.07, 6.45) is -0.830. The zero-order valence-corrected chi connectivity index (χ0v) is 14.3. The van der Waals surface area contributed by atoms with E-state index in [4.69, 9.17) is 9.47 Å². The van der Waals surface area contributed by atoms with Gasteiger partial charge in [0, 0.05) is 5.56 Å². The number of aryl methyl sites for hydroxylation is 2. The standard InChI is InChI=1S/C22H20O3/c1-16-8-6-12-19(14-16)24-21(18-10-4-3-5-11-18)22(23)25-20-13-7-9-17(2)15-20/h3-15,21H,1-2H3/t21-/m1/s1. The molecule has 0 aromatic heterocycles. The van der Waals surface area contributed by atoms with Crippen molar-refractivity contribution in [1.82, 2.24) is 0 Å². The van der Waals surface area contributed by atoms with Crippen molar-refractivity contribution in [3.8, 4) is 11.5 Å². The second-order valence-corrected chi connectivity index (χ2v) is 5.96. The lowest BCUT2D eigenvalue weighted by Gasteiger charge is -2.18. The number of rotatable bonds is 5. The number of ether oxygens (including phenoxy) is 2. The minimum Gasteiger partial charge on any atom is -0.474 e. The van der Waals surface area contributed by atoms with E-state index in [1.165, 1.54) is 0 Å². The third kappa shape index (κ3) is 4.48. The maximum absolute atomic E-state index is 12.8. The summed E-state index contributed by atoms with van der Waals surface area (Å²) >= 11 is 0. The molecule has 3 nitrogen and oxygen atoms in total. The van der Waals surface area contributed by atoms with E-state index in [2.05, 4.69) is 0 Å². The zero-order valence-electron chi connectivity index (χ0n) is 14.3. The molecule has 3 rings (SSSR count). The summed E-state index contributed by atoms with van der Waals surface area (Å²) in [5.74, 6) is 0.701. The third-order valence-corrected chi connectivity index (χ3v) is 3.77. The fraction of sp³-hybridized carbons (Fsp3) is 0.136. The van der Waals surface area contributed by atoms with Crippen LogP contribution in [0.2, 0.25) is 0 Å². The van der Waals surface area contributed by atoms with Crippen LogP contribution in [0.25, 0.3) is 0 Å². The van der Waals surface area contributed by atoms with Crippen molar-refractivity contribution in [3.05, 3.63) is 95.6 Å². The zero-order chi connectivity index (χ0) is 17.6. The molecule has 0 amide bonds. The van der Waals surface area contributed by atoms with Gasteiger partial charge in [-0.15, -0.1) is 0 Å². The molecule has 3 aromatic rings. The fourth-order valence-electron chi connectivity index (χ4n) is 2.55. The Hall–Kier alpha value is -3.07. The Morgan fingerprint density at radius 2 is 1.36 bits per heavy atom. The molecule has 1 atom stereocenters. The molecule has 0 saturated carbocycles. The van der Waals surface area contributed by atoms with Crippen LogP contribution < -0.4 is 9.47 Å². The van der Waals surface area contributed by atoms with Crippen LogP contribution in [0.5, 0.6) is 11.5 Å². The molecule has 0 fully saturated rings. The highest BCUT2D eigenvalue weighted by Crippen LogP contribution is 2.25. The molecule has 0 unspecified atom stereocenters. The van der Waals surface area contributed by atoms with Crippen molar-refractivity contribution in [2.75, 3.05) is 0 Å². The first-order valence-corrected chi connectivity index (χ1v) is 8.18. The Bertz CT molecular complexity index is 856. The van der Waals surface area contributed by atoms with Crippen LogP contribution in [-0.2, 0) is 4.79 Å². The highest BCUT2D eigenvalue weighted by Gasteiger charge is 2.25. The van der Waals surface area contributed by atoms with Crippen LogP contribution >= 0.6 is 0 Å².